The molecule has 0 aliphatic rings. The van der Waals surface area contributed by atoms with Crippen molar-refractivity contribution in [3.05, 3.63) is 38.3 Å². The lowest BCUT2D eigenvalue weighted by Crippen LogP contribution is -1.93. The summed E-state index contributed by atoms with van der Waals surface area (Å²) in [6.45, 7) is 0.184. The first kappa shape index (κ1) is 13.5. The fourth-order valence-corrected chi connectivity index (χ4v) is 2.84. The molecule has 16 heavy (non-hydrogen) atoms. The molecule has 0 unspecified atom stereocenters. The highest BCUT2D eigenvalue weighted by atomic mass is 79.9. The van der Waals surface area contributed by atoms with E-state index in [1.165, 1.54) is 6.07 Å². The molecule has 0 heterocycles. The van der Waals surface area contributed by atoms with Crippen molar-refractivity contribution in [2.24, 2.45) is 0 Å². The Morgan fingerprint density at radius 2 is 2.25 bits per heavy atom. The average molecular weight is 306 g/mol. The summed E-state index contributed by atoms with van der Waals surface area (Å²) in [5.74, 6) is 1.56. The summed E-state index contributed by atoms with van der Waals surface area (Å²) in [7, 11) is 0. The molecule has 88 valence electrons. The SMILES string of the molecule is O=[N+]([O-])c1cccc(CSCCCO)c1Br. The van der Waals surface area contributed by atoms with Gasteiger partial charge in [0.1, 0.15) is 0 Å². The van der Waals surface area contributed by atoms with Gasteiger partial charge in [0.15, 0.2) is 0 Å². The lowest BCUT2D eigenvalue weighted by Gasteiger charge is -2.04. The van der Waals surface area contributed by atoms with Crippen molar-refractivity contribution < 1.29 is 10.0 Å². The van der Waals surface area contributed by atoms with Crippen LogP contribution in [0.5, 0.6) is 0 Å². The van der Waals surface area contributed by atoms with Gasteiger partial charge in [-0.05, 0) is 33.7 Å². The average Bonchev–Trinajstić information content (AvgIpc) is 2.26. The Morgan fingerprint density at radius 3 is 2.88 bits per heavy atom. The van der Waals surface area contributed by atoms with Crippen LogP contribution in [0.15, 0.2) is 22.7 Å². The first-order chi connectivity index (χ1) is 7.66. The number of aliphatic hydroxyl groups excluding tert-OH is 1. The second-order valence-corrected chi connectivity index (χ2v) is 5.04. The van der Waals surface area contributed by atoms with Crippen LogP contribution in [-0.4, -0.2) is 22.4 Å². The van der Waals surface area contributed by atoms with Crippen LogP contribution < -0.4 is 0 Å². The molecule has 0 atom stereocenters. The maximum atomic E-state index is 10.7. The van der Waals surface area contributed by atoms with Crippen molar-refractivity contribution in [1.82, 2.24) is 0 Å². The normalized spacial score (nSPS) is 10.4. The van der Waals surface area contributed by atoms with Crippen molar-refractivity contribution in [2.45, 2.75) is 12.2 Å². The minimum Gasteiger partial charge on any atom is -0.396 e. The van der Waals surface area contributed by atoms with E-state index in [9.17, 15) is 10.1 Å². The van der Waals surface area contributed by atoms with Crippen LogP contribution in [0.25, 0.3) is 0 Å². The van der Waals surface area contributed by atoms with Gasteiger partial charge in [0.25, 0.3) is 5.69 Å². The van der Waals surface area contributed by atoms with Crippen LogP contribution >= 0.6 is 27.7 Å². The monoisotopic (exact) mass is 305 g/mol. The van der Waals surface area contributed by atoms with Gasteiger partial charge >= 0.3 is 0 Å². The van der Waals surface area contributed by atoms with Gasteiger partial charge in [-0.3, -0.25) is 10.1 Å². The van der Waals surface area contributed by atoms with Gasteiger partial charge in [-0.25, -0.2) is 0 Å². The van der Waals surface area contributed by atoms with Crippen molar-refractivity contribution in [3.63, 3.8) is 0 Å². The van der Waals surface area contributed by atoms with Gasteiger partial charge in [0.05, 0.1) is 9.40 Å². The van der Waals surface area contributed by atoms with E-state index in [0.29, 0.717) is 10.2 Å². The largest absolute Gasteiger partial charge is 0.396 e. The van der Waals surface area contributed by atoms with Crippen LogP contribution in [0.4, 0.5) is 5.69 Å². The summed E-state index contributed by atoms with van der Waals surface area (Å²) >= 11 is 4.90. The molecule has 0 aliphatic carbocycles. The minimum atomic E-state index is -0.397. The summed E-state index contributed by atoms with van der Waals surface area (Å²) in [6.07, 6.45) is 0.747. The van der Waals surface area contributed by atoms with E-state index in [-0.39, 0.29) is 12.3 Å². The highest BCUT2D eigenvalue weighted by Crippen LogP contribution is 2.30. The number of nitro benzene ring substituents is 1. The molecule has 0 saturated carbocycles. The first-order valence-corrected chi connectivity index (χ1v) is 6.72. The highest BCUT2D eigenvalue weighted by Gasteiger charge is 2.14. The highest BCUT2D eigenvalue weighted by molar-refractivity contribution is 9.10. The Hall–Kier alpha value is -0.590. The number of hydrogen-bond donors (Lipinski definition) is 1. The number of thioether (sulfide) groups is 1. The molecule has 6 heteroatoms. The van der Waals surface area contributed by atoms with Crippen molar-refractivity contribution in [1.29, 1.82) is 0 Å². The second kappa shape index (κ2) is 6.88. The maximum absolute atomic E-state index is 10.7. The topological polar surface area (TPSA) is 63.4 Å². The molecule has 0 spiro atoms. The molecule has 0 aromatic heterocycles. The van der Waals surface area contributed by atoms with Gasteiger partial charge < -0.3 is 5.11 Å². The molecule has 1 aromatic carbocycles. The lowest BCUT2D eigenvalue weighted by atomic mass is 10.2. The van der Waals surface area contributed by atoms with E-state index in [0.717, 1.165) is 17.7 Å². The predicted molar refractivity (Wildman–Crippen MR) is 68.7 cm³/mol. The van der Waals surface area contributed by atoms with Crippen LogP contribution in [0.1, 0.15) is 12.0 Å². The van der Waals surface area contributed by atoms with Gasteiger partial charge in [-0.1, -0.05) is 12.1 Å². The number of hydrogen-bond acceptors (Lipinski definition) is 4. The van der Waals surface area contributed by atoms with Crippen molar-refractivity contribution in [3.8, 4) is 0 Å². The third kappa shape index (κ3) is 3.77. The fourth-order valence-electron chi connectivity index (χ4n) is 1.17. The Bertz CT molecular complexity index is 373. The van der Waals surface area contributed by atoms with Crippen molar-refractivity contribution >= 4 is 33.4 Å². The minimum absolute atomic E-state index is 0.0975. The zero-order valence-corrected chi connectivity index (χ0v) is 11.0. The Labute approximate surface area is 106 Å². The molecule has 0 fully saturated rings. The molecular weight excluding hydrogens is 294 g/mol. The number of nitrogens with zero attached hydrogens (tertiary/aromatic N) is 1. The van der Waals surface area contributed by atoms with Gasteiger partial charge in [0, 0.05) is 18.4 Å². The smallest absolute Gasteiger partial charge is 0.283 e. The van der Waals surface area contributed by atoms with Crippen LogP contribution in [-0.2, 0) is 5.75 Å². The van der Waals surface area contributed by atoms with E-state index in [2.05, 4.69) is 15.9 Å². The van der Waals surface area contributed by atoms with Crippen LogP contribution in [0.3, 0.4) is 0 Å². The van der Waals surface area contributed by atoms with E-state index in [4.69, 9.17) is 5.11 Å². The summed E-state index contributed by atoms with van der Waals surface area (Å²) < 4.78 is 0.552. The molecule has 0 bridgehead atoms. The maximum Gasteiger partial charge on any atom is 0.283 e. The molecule has 1 N–H and O–H groups in total. The molecule has 1 rings (SSSR count). The van der Waals surface area contributed by atoms with E-state index >= 15 is 0 Å². The Morgan fingerprint density at radius 1 is 1.50 bits per heavy atom. The van der Waals surface area contributed by atoms with Gasteiger partial charge in [-0.2, -0.15) is 11.8 Å². The molecule has 0 aliphatic heterocycles. The molecule has 0 saturated heterocycles. The molecule has 0 amide bonds. The Balaban J connectivity index is 2.66. The number of benzene rings is 1. The third-order valence-corrected chi connectivity index (χ3v) is 3.97. The lowest BCUT2D eigenvalue weighted by molar-refractivity contribution is -0.385. The predicted octanol–water partition coefficient (Wildman–Crippen LogP) is 2.97. The zero-order valence-electron chi connectivity index (χ0n) is 8.56. The fraction of sp³-hybridized carbons (Fsp3) is 0.400. The number of halogens is 1. The third-order valence-electron chi connectivity index (χ3n) is 1.96. The second-order valence-electron chi connectivity index (χ2n) is 3.14. The van der Waals surface area contributed by atoms with Crippen LogP contribution in [0, 0.1) is 10.1 Å². The van der Waals surface area contributed by atoms with E-state index in [1.807, 2.05) is 6.07 Å². The summed E-state index contributed by atoms with van der Waals surface area (Å²) in [5.41, 5.74) is 1.01. The first-order valence-electron chi connectivity index (χ1n) is 4.77. The number of nitro groups is 1. The van der Waals surface area contributed by atoms with Gasteiger partial charge in [-0.15, -0.1) is 0 Å². The summed E-state index contributed by atoms with van der Waals surface area (Å²) in [5, 5.41) is 19.3. The summed E-state index contributed by atoms with van der Waals surface area (Å²) in [6, 6.07) is 5.03. The van der Waals surface area contributed by atoms with E-state index < -0.39 is 4.92 Å². The van der Waals surface area contributed by atoms with Crippen molar-refractivity contribution in [2.75, 3.05) is 12.4 Å². The van der Waals surface area contributed by atoms with Crippen LogP contribution in [0.2, 0.25) is 0 Å². The standard InChI is InChI=1S/C10H12BrNO3S/c11-10-8(7-16-6-2-5-13)3-1-4-9(10)12(14)15/h1,3-4,13H,2,5-7H2. The quantitative estimate of drug-likeness (QED) is 0.498. The Kier molecular flexibility index (Phi) is 5.79. The molecular formula is C10H12BrNO3S. The van der Waals surface area contributed by atoms with Gasteiger partial charge in [0.2, 0.25) is 0 Å². The molecule has 1 aromatic rings. The number of rotatable bonds is 6. The number of aliphatic hydroxyl groups is 1. The molecule has 4 nitrogen and oxygen atoms in total. The molecule has 0 radical (unpaired) electrons. The zero-order chi connectivity index (χ0) is 12.0. The van der Waals surface area contributed by atoms with E-state index in [1.54, 1.807) is 17.8 Å². The summed E-state index contributed by atoms with van der Waals surface area (Å²) in [4.78, 5) is 10.3.